The molecule has 2 unspecified atom stereocenters. The fourth-order valence-corrected chi connectivity index (χ4v) is 1.64. The Bertz CT molecular complexity index is 172. The summed E-state index contributed by atoms with van der Waals surface area (Å²) in [5, 5.41) is 3.61. The summed E-state index contributed by atoms with van der Waals surface area (Å²) < 4.78 is 0. The lowest BCUT2D eigenvalue weighted by Crippen LogP contribution is -2.38. The van der Waals surface area contributed by atoms with Crippen molar-refractivity contribution < 1.29 is 0 Å². The van der Waals surface area contributed by atoms with Crippen molar-refractivity contribution in [2.75, 3.05) is 26.7 Å². The first-order chi connectivity index (χ1) is 7.27. The van der Waals surface area contributed by atoms with Crippen molar-refractivity contribution in [1.29, 1.82) is 0 Å². The molecule has 0 heterocycles. The maximum absolute atomic E-state index is 3.61. The molecule has 0 aromatic carbocycles. The van der Waals surface area contributed by atoms with E-state index in [1.807, 2.05) is 0 Å². The highest BCUT2D eigenvalue weighted by Gasteiger charge is 2.19. The minimum Gasteiger partial charge on any atom is -0.313 e. The molecule has 0 aromatic rings. The van der Waals surface area contributed by atoms with Crippen LogP contribution in [0.3, 0.4) is 0 Å². The molecule has 1 N–H and O–H groups in total. The van der Waals surface area contributed by atoms with E-state index in [1.165, 1.54) is 6.42 Å². The van der Waals surface area contributed by atoms with Crippen LogP contribution in [-0.2, 0) is 0 Å². The first-order valence-corrected chi connectivity index (χ1v) is 6.69. The average Bonchev–Trinajstić information content (AvgIpc) is 2.15. The first-order valence-electron chi connectivity index (χ1n) is 6.69. The molecular weight excluding hydrogens is 196 g/mol. The topological polar surface area (TPSA) is 15.3 Å². The van der Waals surface area contributed by atoms with Crippen LogP contribution in [0.5, 0.6) is 0 Å². The van der Waals surface area contributed by atoms with Crippen LogP contribution in [0.25, 0.3) is 0 Å². The molecule has 16 heavy (non-hydrogen) atoms. The van der Waals surface area contributed by atoms with E-state index in [2.05, 4.69) is 58.8 Å². The van der Waals surface area contributed by atoms with Gasteiger partial charge < -0.3 is 10.2 Å². The summed E-state index contributed by atoms with van der Waals surface area (Å²) in [6, 6.07) is 0.595. The van der Waals surface area contributed by atoms with Gasteiger partial charge in [-0.1, -0.05) is 34.6 Å². The second-order valence-corrected chi connectivity index (χ2v) is 6.27. The number of nitrogens with zero attached hydrogens (tertiary/aromatic N) is 1. The van der Waals surface area contributed by atoms with Gasteiger partial charge in [0.2, 0.25) is 0 Å². The third-order valence-electron chi connectivity index (χ3n) is 3.67. The smallest absolute Gasteiger partial charge is 0.0166 e. The van der Waals surface area contributed by atoms with Crippen molar-refractivity contribution in [3.8, 4) is 0 Å². The lowest BCUT2D eigenvalue weighted by atomic mass is 9.80. The minimum absolute atomic E-state index is 0.436. The predicted molar refractivity (Wildman–Crippen MR) is 73.9 cm³/mol. The standard InChI is InChI=1S/C14H32N2/c1-8-16(7)11-13(3)15-10-9-12(2)14(4,5)6/h12-13,15H,8-11H2,1-7H3. The number of hydrogen-bond acceptors (Lipinski definition) is 2. The largest absolute Gasteiger partial charge is 0.313 e. The molecule has 2 heteroatoms. The molecule has 0 amide bonds. The van der Waals surface area contributed by atoms with E-state index in [0.717, 1.165) is 25.6 Å². The van der Waals surface area contributed by atoms with Gasteiger partial charge in [0.05, 0.1) is 0 Å². The van der Waals surface area contributed by atoms with Crippen LogP contribution in [-0.4, -0.2) is 37.6 Å². The van der Waals surface area contributed by atoms with Gasteiger partial charge in [0, 0.05) is 12.6 Å². The van der Waals surface area contributed by atoms with Crippen molar-refractivity contribution in [2.45, 2.75) is 54.0 Å². The summed E-state index contributed by atoms with van der Waals surface area (Å²) in [6.45, 7) is 17.2. The molecule has 0 saturated carbocycles. The van der Waals surface area contributed by atoms with Crippen molar-refractivity contribution in [2.24, 2.45) is 11.3 Å². The Morgan fingerprint density at radius 2 is 1.75 bits per heavy atom. The summed E-state index contributed by atoms with van der Waals surface area (Å²) in [7, 11) is 2.18. The Kier molecular flexibility index (Phi) is 7.25. The second kappa shape index (κ2) is 7.29. The normalized spacial score (nSPS) is 16.5. The maximum Gasteiger partial charge on any atom is 0.0166 e. The fraction of sp³-hybridized carbons (Fsp3) is 1.00. The summed E-state index contributed by atoms with van der Waals surface area (Å²) >= 11 is 0. The van der Waals surface area contributed by atoms with Crippen molar-refractivity contribution in [1.82, 2.24) is 10.2 Å². The molecule has 0 aliphatic carbocycles. The zero-order valence-electron chi connectivity index (χ0n) is 12.4. The SMILES string of the molecule is CCN(C)CC(C)NCCC(C)C(C)(C)C. The minimum atomic E-state index is 0.436. The fourth-order valence-electron chi connectivity index (χ4n) is 1.64. The third kappa shape index (κ3) is 7.24. The molecule has 0 bridgehead atoms. The summed E-state index contributed by atoms with van der Waals surface area (Å²) in [6.07, 6.45) is 1.27. The summed E-state index contributed by atoms with van der Waals surface area (Å²) in [5.74, 6) is 0.774. The average molecular weight is 228 g/mol. The van der Waals surface area contributed by atoms with Crippen molar-refractivity contribution in [3.63, 3.8) is 0 Å². The monoisotopic (exact) mass is 228 g/mol. The highest BCUT2D eigenvalue weighted by molar-refractivity contribution is 4.72. The molecular formula is C14H32N2. The lowest BCUT2D eigenvalue weighted by molar-refractivity contribution is 0.238. The van der Waals surface area contributed by atoms with Crippen LogP contribution in [0.2, 0.25) is 0 Å². The van der Waals surface area contributed by atoms with E-state index < -0.39 is 0 Å². The Hall–Kier alpha value is -0.0800. The summed E-state index contributed by atoms with van der Waals surface area (Å²) in [5.41, 5.74) is 0.436. The Balaban J connectivity index is 3.66. The molecule has 0 radical (unpaired) electrons. The molecule has 0 aliphatic rings. The zero-order valence-corrected chi connectivity index (χ0v) is 12.4. The maximum atomic E-state index is 3.61. The Morgan fingerprint density at radius 3 is 2.19 bits per heavy atom. The van der Waals surface area contributed by atoms with Crippen LogP contribution in [0.1, 0.15) is 48.0 Å². The highest BCUT2D eigenvalue weighted by atomic mass is 15.1. The van der Waals surface area contributed by atoms with Crippen LogP contribution in [0.4, 0.5) is 0 Å². The van der Waals surface area contributed by atoms with Gasteiger partial charge in [-0.15, -0.1) is 0 Å². The number of likely N-dealkylation sites (N-methyl/N-ethyl adjacent to an activating group) is 1. The van der Waals surface area contributed by atoms with E-state index in [0.29, 0.717) is 11.5 Å². The van der Waals surface area contributed by atoms with Gasteiger partial charge in [0.25, 0.3) is 0 Å². The Morgan fingerprint density at radius 1 is 1.19 bits per heavy atom. The predicted octanol–water partition coefficient (Wildman–Crippen LogP) is 2.99. The van der Waals surface area contributed by atoms with Gasteiger partial charge in [-0.2, -0.15) is 0 Å². The highest BCUT2D eigenvalue weighted by Crippen LogP contribution is 2.27. The van der Waals surface area contributed by atoms with Gasteiger partial charge >= 0.3 is 0 Å². The van der Waals surface area contributed by atoms with E-state index in [1.54, 1.807) is 0 Å². The summed E-state index contributed by atoms with van der Waals surface area (Å²) in [4.78, 5) is 2.35. The molecule has 0 fully saturated rings. The van der Waals surface area contributed by atoms with Crippen molar-refractivity contribution >= 4 is 0 Å². The number of nitrogens with one attached hydrogen (secondary N) is 1. The molecule has 0 aliphatic heterocycles. The van der Waals surface area contributed by atoms with E-state index >= 15 is 0 Å². The quantitative estimate of drug-likeness (QED) is 0.720. The molecule has 0 aromatic heterocycles. The van der Waals surface area contributed by atoms with Gasteiger partial charge in [0.1, 0.15) is 0 Å². The van der Waals surface area contributed by atoms with Gasteiger partial charge in [-0.25, -0.2) is 0 Å². The van der Waals surface area contributed by atoms with E-state index in [9.17, 15) is 0 Å². The van der Waals surface area contributed by atoms with Crippen LogP contribution >= 0.6 is 0 Å². The van der Waals surface area contributed by atoms with Crippen LogP contribution in [0.15, 0.2) is 0 Å². The van der Waals surface area contributed by atoms with Gasteiger partial charge in [0.15, 0.2) is 0 Å². The zero-order chi connectivity index (χ0) is 12.8. The molecule has 2 nitrogen and oxygen atoms in total. The van der Waals surface area contributed by atoms with E-state index in [4.69, 9.17) is 0 Å². The number of hydrogen-bond donors (Lipinski definition) is 1. The lowest BCUT2D eigenvalue weighted by Gasteiger charge is -2.28. The third-order valence-corrected chi connectivity index (χ3v) is 3.67. The molecule has 0 rings (SSSR count). The van der Waals surface area contributed by atoms with Crippen LogP contribution < -0.4 is 5.32 Å². The van der Waals surface area contributed by atoms with Crippen molar-refractivity contribution in [3.05, 3.63) is 0 Å². The first kappa shape index (κ1) is 15.9. The molecule has 0 saturated heterocycles. The molecule has 2 atom stereocenters. The number of rotatable bonds is 7. The second-order valence-electron chi connectivity index (χ2n) is 6.27. The van der Waals surface area contributed by atoms with Gasteiger partial charge in [-0.3, -0.25) is 0 Å². The van der Waals surface area contributed by atoms with Crippen LogP contribution in [0, 0.1) is 11.3 Å². The molecule has 98 valence electrons. The Labute approximate surface area is 103 Å². The molecule has 0 spiro atoms. The van der Waals surface area contributed by atoms with Gasteiger partial charge in [-0.05, 0) is 44.8 Å². The van der Waals surface area contributed by atoms with E-state index in [-0.39, 0.29) is 0 Å².